The van der Waals surface area contributed by atoms with Crippen molar-refractivity contribution in [3.05, 3.63) is 47.6 Å². The fourth-order valence-electron chi connectivity index (χ4n) is 3.37. The van der Waals surface area contributed by atoms with E-state index in [1.165, 1.54) is 12.0 Å². The van der Waals surface area contributed by atoms with Crippen LogP contribution in [0.1, 0.15) is 55.8 Å². The Morgan fingerprint density at radius 3 is 2.88 bits per heavy atom. The quantitative estimate of drug-likeness (QED) is 0.826. The van der Waals surface area contributed by atoms with E-state index in [2.05, 4.69) is 44.6 Å². The maximum atomic E-state index is 12.2. The van der Waals surface area contributed by atoms with E-state index in [0.29, 0.717) is 37.1 Å². The zero-order valence-corrected chi connectivity index (χ0v) is 15.6. The Morgan fingerprint density at radius 1 is 1.35 bits per heavy atom. The summed E-state index contributed by atoms with van der Waals surface area (Å²) in [6, 6.07) is 10.6. The smallest absolute Gasteiger partial charge is 0.234 e. The molecule has 1 aliphatic rings. The molecule has 1 aliphatic heterocycles. The normalized spacial score (nSPS) is 18.2. The molecule has 1 unspecified atom stereocenters. The van der Waals surface area contributed by atoms with E-state index >= 15 is 0 Å². The molecule has 6 heteroatoms. The first kappa shape index (κ1) is 18.6. The summed E-state index contributed by atoms with van der Waals surface area (Å²) in [6.07, 6.45) is 2.89. The number of nitrogens with one attached hydrogen (secondary N) is 1. The van der Waals surface area contributed by atoms with E-state index in [-0.39, 0.29) is 11.8 Å². The molecule has 1 saturated heterocycles. The summed E-state index contributed by atoms with van der Waals surface area (Å²) in [4.78, 5) is 18.8. The molecule has 1 fully saturated rings. The summed E-state index contributed by atoms with van der Waals surface area (Å²) in [5.41, 5.74) is 1.37. The molecule has 0 bridgehead atoms. The third-order valence-corrected chi connectivity index (χ3v) is 4.80. The Hall–Kier alpha value is -2.21. The van der Waals surface area contributed by atoms with Gasteiger partial charge in [0.15, 0.2) is 5.82 Å². The van der Waals surface area contributed by atoms with Gasteiger partial charge in [0, 0.05) is 25.4 Å². The molecule has 1 aromatic carbocycles. The summed E-state index contributed by atoms with van der Waals surface area (Å²) in [6.45, 7) is 6.95. The predicted molar refractivity (Wildman–Crippen MR) is 100.0 cm³/mol. The van der Waals surface area contributed by atoms with Crippen LogP contribution in [0.15, 0.2) is 34.9 Å². The predicted octanol–water partition coefficient (Wildman–Crippen LogP) is 2.73. The molecule has 1 N–H and O–H groups in total. The Morgan fingerprint density at radius 2 is 2.15 bits per heavy atom. The van der Waals surface area contributed by atoms with E-state index in [4.69, 9.17) is 4.52 Å². The molecule has 0 aliphatic carbocycles. The molecule has 26 heavy (non-hydrogen) atoms. The van der Waals surface area contributed by atoms with Gasteiger partial charge < -0.3 is 9.84 Å². The number of piperidine rings is 1. The van der Waals surface area contributed by atoms with Crippen LogP contribution in [0.3, 0.4) is 0 Å². The summed E-state index contributed by atoms with van der Waals surface area (Å²) in [5, 5.41) is 6.90. The minimum Gasteiger partial charge on any atom is -0.354 e. The van der Waals surface area contributed by atoms with Crippen LogP contribution >= 0.6 is 0 Å². The molecular formula is C20H28N4O2. The molecule has 140 valence electrons. The Labute approximate surface area is 155 Å². The highest BCUT2D eigenvalue weighted by atomic mass is 16.5. The zero-order chi connectivity index (χ0) is 18.4. The Balaban J connectivity index is 1.41. The lowest BCUT2D eigenvalue weighted by atomic mass is 9.91. The summed E-state index contributed by atoms with van der Waals surface area (Å²) in [5.74, 6) is 2.12. The minimum atomic E-state index is 0.0577. The largest absolute Gasteiger partial charge is 0.354 e. The van der Waals surface area contributed by atoms with Gasteiger partial charge in [-0.05, 0) is 30.9 Å². The molecule has 3 rings (SSSR count). The number of carbonyl (C=O) groups excluding carboxylic acids is 1. The fourth-order valence-corrected chi connectivity index (χ4v) is 3.37. The van der Waals surface area contributed by atoms with Crippen LogP contribution in [-0.4, -0.2) is 47.1 Å². The van der Waals surface area contributed by atoms with Gasteiger partial charge in [0.2, 0.25) is 11.8 Å². The van der Waals surface area contributed by atoms with Gasteiger partial charge >= 0.3 is 0 Å². The minimum absolute atomic E-state index is 0.0577. The number of aromatic nitrogens is 2. The van der Waals surface area contributed by atoms with Crippen molar-refractivity contribution in [2.75, 3.05) is 26.2 Å². The van der Waals surface area contributed by atoms with Crippen LogP contribution in [0.4, 0.5) is 0 Å². The standard InChI is InChI=1S/C20H28N4O2/c1-15(2)20-22-19(26-23-20)10-11-21-18(25)14-24-12-6-9-17(13-24)16-7-4-3-5-8-16/h3-5,7-8,15,17H,6,9-14H2,1-2H3,(H,21,25). The van der Waals surface area contributed by atoms with E-state index in [1.807, 2.05) is 19.9 Å². The van der Waals surface area contributed by atoms with E-state index in [9.17, 15) is 4.79 Å². The molecule has 2 aromatic rings. The molecule has 1 aromatic heterocycles. The number of hydrogen-bond acceptors (Lipinski definition) is 5. The van der Waals surface area contributed by atoms with Crippen LogP contribution in [0.2, 0.25) is 0 Å². The number of carbonyl (C=O) groups is 1. The van der Waals surface area contributed by atoms with Crippen LogP contribution in [0.5, 0.6) is 0 Å². The number of amides is 1. The van der Waals surface area contributed by atoms with Gasteiger partial charge in [-0.15, -0.1) is 0 Å². The van der Waals surface area contributed by atoms with Gasteiger partial charge in [-0.1, -0.05) is 49.3 Å². The highest BCUT2D eigenvalue weighted by Crippen LogP contribution is 2.26. The van der Waals surface area contributed by atoms with Gasteiger partial charge in [0.25, 0.3) is 0 Å². The van der Waals surface area contributed by atoms with Crippen LogP contribution in [-0.2, 0) is 11.2 Å². The van der Waals surface area contributed by atoms with Crippen molar-refractivity contribution in [3.63, 3.8) is 0 Å². The molecule has 0 spiro atoms. The summed E-state index contributed by atoms with van der Waals surface area (Å²) < 4.78 is 5.20. The lowest BCUT2D eigenvalue weighted by molar-refractivity contribution is -0.122. The van der Waals surface area contributed by atoms with Crippen molar-refractivity contribution in [1.82, 2.24) is 20.4 Å². The second kappa shape index (κ2) is 8.94. The average molecular weight is 356 g/mol. The fraction of sp³-hybridized carbons (Fsp3) is 0.550. The molecular weight excluding hydrogens is 328 g/mol. The third-order valence-electron chi connectivity index (χ3n) is 4.80. The Bertz CT molecular complexity index is 699. The molecule has 1 amide bonds. The maximum absolute atomic E-state index is 12.2. The van der Waals surface area contributed by atoms with Crippen molar-refractivity contribution in [2.24, 2.45) is 0 Å². The monoisotopic (exact) mass is 356 g/mol. The van der Waals surface area contributed by atoms with Crippen molar-refractivity contribution in [2.45, 2.75) is 44.9 Å². The number of nitrogens with zero attached hydrogens (tertiary/aromatic N) is 3. The summed E-state index contributed by atoms with van der Waals surface area (Å²) in [7, 11) is 0. The van der Waals surface area contributed by atoms with Crippen molar-refractivity contribution in [1.29, 1.82) is 0 Å². The number of hydrogen-bond donors (Lipinski definition) is 1. The van der Waals surface area contributed by atoms with E-state index < -0.39 is 0 Å². The molecule has 1 atom stereocenters. The van der Waals surface area contributed by atoms with Crippen molar-refractivity contribution >= 4 is 5.91 Å². The van der Waals surface area contributed by atoms with Crippen LogP contribution in [0, 0.1) is 0 Å². The Kier molecular flexibility index (Phi) is 6.39. The maximum Gasteiger partial charge on any atom is 0.234 e. The molecule has 0 saturated carbocycles. The van der Waals surface area contributed by atoms with Gasteiger partial charge in [0.05, 0.1) is 6.54 Å². The first-order chi connectivity index (χ1) is 12.6. The number of benzene rings is 1. The third kappa shape index (κ3) is 5.14. The first-order valence-corrected chi connectivity index (χ1v) is 9.48. The van der Waals surface area contributed by atoms with E-state index in [0.717, 1.165) is 19.5 Å². The second-order valence-electron chi connectivity index (χ2n) is 7.29. The summed E-state index contributed by atoms with van der Waals surface area (Å²) >= 11 is 0. The zero-order valence-electron chi connectivity index (χ0n) is 15.6. The highest BCUT2D eigenvalue weighted by Gasteiger charge is 2.22. The number of likely N-dealkylation sites (tertiary alicyclic amines) is 1. The number of rotatable bonds is 7. The topological polar surface area (TPSA) is 71.3 Å². The SMILES string of the molecule is CC(C)c1noc(CCNC(=O)CN2CCCC(c3ccccc3)C2)n1. The lowest BCUT2D eigenvalue weighted by Crippen LogP contribution is -2.42. The van der Waals surface area contributed by atoms with Gasteiger partial charge in [-0.3, -0.25) is 9.69 Å². The first-order valence-electron chi connectivity index (χ1n) is 9.48. The van der Waals surface area contributed by atoms with Crippen LogP contribution < -0.4 is 5.32 Å². The van der Waals surface area contributed by atoms with Gasteiger partial charge in [-0.25, -0.2) is 0 Å². The molecule has 6 nitrogen and oxygen atoms in total. The van der Waals surface area contributed by atoms with Crippen LogP contribution in [0.25, 0.3) is 0 Å². The van der Waals surface area contributed by atoms with E-state index in [1.54, 1.807) is 0 Å². The lowest BCUT2D eigenvalue weighted by Gasteiger charge is -2.32. The van der Waals surface area contributed by atoms with Gasteiger partial charge in [0.1, 0.15) is 0 Å². The van der Waals surface area contributed by atoms with Crippen molar-refractivity contribution < 1.29 is 9.32 Å². The molecule has 0 radical (unpaired) electrons. The van der Waals surface area contributed by atoms with Crippen molar-refractivity contribution in [3.8, 4) is 0 Å². The molecule has 2 heterocycles. The highest BCUT2D eigenvalue weighted by molar-refractivity contribution is 5.78. The van der Waals surface area contributed by atoms with Gasteiger partial charge in [-0.2, -0.15) is 4.98 Å². The second-order valence-corrected chi connectivity index (χ2v) is 7.29. The average Bonchev–Trinajstić information content (AvgIpc) is 3.12.